The SMILES string of the molecule is C=CCC(=C)C(=O)OC(C)(C)C. The van der Waals surface area contributed by atoms with Crippen LogP contribution >= 0.6 is 0 Å². The second-order valence-electron chi connectivity index (χ2n) is 3.60. The largest absolute Gasteiger partial charge is 0.457 e. The molecule has 12 heavy (non-hydrogen) atoms. The number of rotatable bonds is 3. The van der Waals surface area contributed by atoms with Gasteiger partial charge in [0.2, 0.25) is 0 Å². The fraction of sp³-hybridized carbons (Fsp3) is 0.500. The van der Waals surface area contributed by atoms with Gasteiger partial charge in [0.15, 0.2) is 0 Å². The van der Waals surface area contributed by atoms with Crippen LogP contribution in [0, 0.1) is 0 Å². The van der Waals surface area contributed by atoms with Gasteiger partial charge in [-0.25, -0.2) is 4.79 Å². The first-order valence-electron chi connectivity index (χ1n) is 3.89. The zero-order chi connectivity index (χ0) is 9.78. The van der Waals surface area contributed by atoms with Gasteiger partial charge in [-0.3, -0.25) is 0 Å². The molecule has 0 aromatic rings. The molecule has 0 aromatic heterocycles. The minimum absolute atomic E-state index is 0.345. The lowest BCUT2D eigenvalue weighted by molar-refractivity contribution is -0.149. The van der Waals surface area contributed by atoms with E-state index >= 15 is 0 Å². The Bertz CT molecular complexity index is 196. The van der Waals surface area contributed by atoms with Crippen LogP contribution in [0.1, 0.15) is 27.2 Å². The number of esters is 1. The van der Waals surface area contributed by atoms with Crippen LogP contribution in [-0.2, 0) is 9.53 Å². The summed E-state index contributed by atoms with van der Waals surface area (Å²) in [6.45, 7) is 12.6. The molecule has 0 saturated heterocycles. The van der Waals surface area contributed by atoms with Gasteiger partial charge in [-0.2, -0.15) is 0 Å². The molecule has 68 valence electrons. The molecule has 0 atom stereocenters. The summed E-state index contributed by atoms with van der Waals surface area (Å²) < 4.78 is 5.07. The minimum Gasteiger partial charge on any atom is -0.457 e. The van der Waals surface area contributed by atoms with Crippen molar-refractivity contribution in [3.8, 4) is 0 Å². The Balaban J connectivity index is 4.05. The number of allylic oxidation sites excluding steroid dienone is 1. The topological polar surface area (TPSA) is 26.3 Å². The zero-order valence-electron chi connectivity index (χ0n) is 8.02. The lowest BCUT2D eigenvalue weighted by Gasteiger charge is -2.19. The van der Waals surface area contributed by atoms with Gasteiger partial charge in [0.25, 0.3) is 0 Å². The predicted molar refractivity (Wildman–Crippen MR) is 49.8 cm³/mol. The maximum atomic E-state index is 11.2. The fourth-order valence-corrected chi connectivity index (χ4v) is 0.608. The lowest BCUT2D eigenvalue weighted by atomic mass is 10.1. The summed E-state index contributed by atoms with van der Waals surface area (Å²) in [5, 5.41) is 0. The summed E-state index contributed by atoms with van der Waals surface area (Å²) in [7, 11) is 0. The molecule has 0 aliphatic rings. The van der Waals surface area contributed by atoms with Crippen molar-refractivity contribution in [3.05, 3.63) is 24.8 Å². The first-order valence-corrected chi connectivity index (χ1v) is 3.89. The second-order valence-corrected chi connectivity index (χ2v) is 3.60. The van der Waals surface area contributed by atoms with Crippen molar-refractivity contribution >= 4 is 5.97 Å². The third-order valence-corrected chi connectivity index (χ3v) is 1.08. The molecular weight excluding hydrogens is 152 g/mol. The van der Waals surface area contributed by atoms with E-state index in [2.05, 4.69) is 13.2 Å². The standard InChI is InChI=1S/C10H16O2/c1-6-7-8(2)9(11)12-10(3,4)5/h6H,1-2,7H2,3-5H3. The van der Waals surface area contributed by atoms with Gasteiger partial charge in [0.05, 0.1) is 0 Å². The molecule has 0 bridgehead atoms. The van der Waals surface area contributed by atoms with E-state index in [1.165, 1.54) is 0 Å². The molecule has 0 spiro atoms. The van der Waals surface area contributed by atoms with Crippen molar-refractivity contribution in [2.45, 2.75) is 32.8 Å². The summed E-state index contributed by atoms with van der Waals surface area (Å²) in [6.07, 6.45) is 2.11. The predicted octanol–water partition coefficient (Wildman–Crippen LogP) is 2.46. The Morgan fingerprint density at radius 3 is 2.33 bits per heavy atom. The lowest BCUT2D eigenvalue weighted by Crippen LogP contribution is -2.24. The highest BCUT2D eigenvalue weighted by Gasteiger charge is 2.17. The monoisotopic (exact) mass is 168 g/mol. The first kappa shape index (κ1) is 11.0. The van der Waals surface area contributed by atoms with E-state index in [1.54, 1.807) is 6.08 Å². The molecule has 0 aromatic carbocycles. The maximum absolute atomic E-state index is 11.2. The summed E-state index contributed by atoms with van der Waals surface area (Å²) in [5.74, 6) is -0.345. The number of ether oxygens (including phenoxy) is 1. The Hall–Kier alpha value is -1.05. The van der Waals surface area contributed by atoms with Gasteiger partial charge < -0.3 is 4.74 Å². The van der Waals surface area contributed by atoms with E-state index in [0.29, 0.717) is 12.0 Å². The maximum Gasteiger partial charge on any atom is 0.334 e. The highest BCUT2D eigenvalue weighted by molar-refractivity contribution is 5.88. The van der Waals surface area contributed by atoms with Crippen molar-refractivity contribution in [1.82, 2.24) is 0 Å². The van der Waals surface area contributed by atoms with Gasteiger partial charge in [-0.1, -0.05) is 12.7 Å². The second kappa shape index (κ2) is 4.10. The summed E-state index contributed by atoms with van der Waals surface area (Å²) in [5.41, 5.74) is 0.00111. The van der Waals surface area contributed by atoms with Crippen LogP contribution in [0.2, 0.25) is 0 Å². The van der Waals surface area contributed by atoms with Crippen LogP contribution in [0.5, 0.6) is 0 Å². The van der Waals surface area contributed by atoms with E-state index in [-0.39, 0.29) is 5.97 Å². The van der Waals surface area contributed by atoms with Gasteiger partial charge >= 0.3 is 5.97 Å². The van der Waals surface area contributed by atoms with E-state index < -0.39 is 5.60 Å². The smallest absolute Gasteiger partial charge is 0.334 e. The minimum atomic E-state index is -0.443. The molecule has 0 unspecified atom stereocenters. The van der Waals surface area contributed by atoms with E-state index in [4.69, 9.17) is 4.74 Å². The molecule has 0 aliphatic heterocycles. The average molecular weight is 168 g/mol. The molecule has 0 heterocycles. The van der Waals surface area contributed by atoms with Crippen molar-refractivity contribution in [2.75, 3.05) is 0 Å². The van der Waals surface area contributed by atoms with Gasteiger partial charge in [0.1, 0.15) is 5.60 Å². The Kier molecular flexibility index (Phi) is 3.74. The quantitative estimate of drug-likeness (QED) is 0.367. The molecule has 0 amide bonds. The average Bonchev–Trinajstić information content (AvgIpc) is 1.84. The van der Waals surface area contributed by atoms with Crippen molar-refractivity contribution < 1.29 is 9.53 Å². The number of carbonyl (C=O) groups excluding carboxylic acids is 1. The number of hydrogen-bond donors (Lipinski definition) is 0. The van der Waals surface area contributed by atoms with Gasteiger partial charge in [0, 0.05) is 5.57 Å². The highest BCUT2D eigenvalue weighted by atomic mass is 16.6. The Morgan fingerprint density at radius 1 is 1.50 bits per heavy atom. The van der Waals surface area contributed by atoms with Crippen LogP contribution < -0.4 is 0 Å². The summed E-state index contributed by atoms with van der Waals surface area (Å²) >= 11 is 0. The van der Waals surface area contributed by atoms with E-state index in [9.17, 15) is 4.79 Å². The zero-order valence-corrected chi connectivity index (χ0v) is 8.02. The molecule has 0 N–H and O–H groups in total. The van der Waals surface area contributed by atoms with Crippen molar-refractivity contribution in [3.63, 3.8) is 0 Å². The normalized spacial score (nSPS) is 10.6. The molecular formula is C10H16O2. The van der Waals surface area contributed by atoms with Gasteiger partial charge in [-0.15, -0.1) is 6.58 Å². The molecule has 0 radical (unpaired) electrons. The molecule has 0 fully saturated rings. The van der Waals surface area contributed by atoms with Crippen molar-refractivity contribution in [2.24, 2.45) is 0 Å². The molecule has 2 heteroatoms. The van der Waals surface area contributed by atoms with Crippen LogP contribution in [0.15, 0.2) is 24.8 Å². The first-order chi connectivity index (χ1) is 5.37. The van der Waals surface area contributed by atoms with E-state index in [0.717, 1.165) is 0 Å². The number of carbonyl (C=O) groups is 1. The fourth-order valence-electron chi connectivity index (χ4n) is 0.608. The summed E-state index contributed by atoms with van der Waals surface area (Å²) in [6, 6.07) is 0. The molecule has 0 saturated carbocycles. The molecule has 2 nitrogen and oxygen atoms in total. The summed E-state index contributed by atoms with van der Waals surface area (Å²) in [4.78, 5) is 11.2. The Labute approximate surface area is 73.9 Å². The van der Waals surface area contributed by atoms with Crippen molar-refractivity contribution in [1.29, 1.82) is 0 Å². The number of hydrogen-bond acceptors (Lipinski definition) is 2. The highest BCUT2D eigenvalue weighted by Crippen LogP contribution is 2.11. The third kappa shape index (κ3) is 4.72. The Morgan fingerprint density at radius 2 is 2.00 bits per heavy atom. The third-order valence-electron chi connectivity index (χ3n) is 1.08. The van der Waals surface area contributed by atoms with Crippen LogP contribution in [-0.4, -0.2) is 11.6 Å². The van der Waals surface area contributed by atoms with Crippen LogP contribution in [0.3, 0.4) is 0 Å². The van der Waals surface area contributed by atoms with Crippen LogP contribution in [0.25, 0.3) is 0 Å². The molecule has 0 rings (SSSR count). The van der Waals surface area contributed by atoms with Gasteiger partial charge in [-0.05, 0) is 27.2 Å². The molecule has 0 aliphatic carbocycles. The van der Waals surface area contributed by atoms with E-state index in [1.807, 2.05) is 20.8 Å². The van der Waals surface area contributed by atoms with Crippen LogP contribution in [0.4, 0.5) is 0 Å².